The van der Waals surface area contributed by atoms with Gasteiger partial charge in [0.05, 0.1) is 20.1 Å². The molecule has 106 valence electrons. The van der Waals surface area contributed by atoms with Crippen LogP contribution in [0.25, 0.3) is 0 Å². The molecular weight excluding hydrogens is 244 g/mol. The maximum atomic E-state index is 11.2. The average molecular weight is 266 g/mol. The molecule has 0 spiro atoms. The number of nitrogens with one attached hydrogen (secondary N) is 1. The smallest absolute Gasteiger partial charge is 0.223 e. The number of methoxy groups -OCH3 is 1. The van der Waals surface area contributed by atoms with Gasteiger partial charge < -0.3 is 20.5 Å². The fourth-order valence-corrected chi connectivity index (χ4v) is 1.76. The van der Waals surface area contributed by atoms with Crippen molar-refractivity contribution in [2.45, 2.75) is 25.8 Å². The number of amides is 1. The Morgan fingerprint density at radius 2 is 2.21 bits per heavy atom. The summed E-state index contributed by atoms with van der Waals surface area (Å²) < 4.78 is 11.0. The lowest BCUT2D eigenvalue weighted by Gasteiger charge is -2.16. The Kier molecular flexibility index (Phi) is 6.15. The molecule has 1 aromatic rings. The van der Waals surface area contributed by atoms with E-state index in [9.17, 15) is 4.79 Å². The summed E-state index contributed by atoms with van der Waals surface area (Å²) in [5.74, 6) is 1.28. The fourth-order valence-electron chi connectivity index (χ4n) is 1.76. The highest BCUT2D eigenvalue weighted by molar-refractivity contribution is 5.75. The lowest BCUT2D eigenvalue weighted by Crippen LogP contribution is -2.21. The third-order valence-corrected chi connectivity index (χ3v) is 2.68. The number of hydrogen-bond donors (Lipinski definition) is 2. The lowest BCUT2D eigenvalue weighted by atomic mass is 10.1. The quantitative estimate of drug-likeness (QED) is 0.775. The molecule has 0 heterocycles. The Bertz CT molecular complexity index is 419. The molecule has 0 fully saturated rings. The third kappa shape index (κ3) is 4.79. The van der Waals surface area contributed by atoms with Gasteiger partial charge in [0, 0.05) is 13.1 Å². The Labute approximate surface area is 114 Å². The van der Waals surface area contributed by atoms with Crippen LogP contribution in [0, 0.1) is 0 Å². The molecule has 1 atom stereocenters. The molecule has 0 radical (unpaired) electrons. The topological polar surface area (TPSA) is 73.6 Å². The molecule has 1 amide bonds. The minimum Gasteiger partial charge on any atom is -0.493 e. The molecule has 3 N–H and O–H groups in total. The first-order chi connectivity index (χ1) is 9.08. The van der Waals surface area contributed by atoms with Crippen LogP contribution in [0.1, 0.15) is 18.9 Å². The highest BCUT2D eigenvalue weighted by Gasteiger charge is 2.12. The van der Waals surface area contributed by atoms with Crippen molar-refractivity contribution in [2.24, 2.45) is 5.73 Å². The molecule has 19 heavy (non-hydrogen) atoms. The van der Waals surface area contributed by atoms with E-state index in [4.69, 9.17) is 15.2 Å². The van der Waals surface area contributed by atoms with Gasteiger partial charge in [-0.3, -0.25) is 4.79 Å². The molecule has 0 aliphatic carbocycles. The zero-order valence-electron chi connectivity index (χ0n) is 11.7. The van der Waals surface area contributed by atoms with Crippen LogP contribution in [0.3, 0.4) is 0 Å². The number of carbonyl (C=O) groups excluding carboxylic acids is 1. The second kappa shape index (κ2) is 7.63. The zero-order valence-corrected chi connectivity index (χ0v) is 11.7. The summed E-state index contributed by atoms with van der Waals surface area (Å²) in [5, 5.41) is 2.56. The first kappa shape index (κ1) is 15.3. The van der Waals surface area contributed by atoms with Gasteiger partial charge >= 0.3 is 0 Å². The van der Waals surface area contributed by atoms with Crippen molar-refractivity contribution >= 4 is 5.91 Å². The monoisotopic (exact) mass is 266 g/mol. The number of hydrogen-bond acceptors (Lipinski definition) is 4. The van der Waals surface area contributed by atoms with Crippen LogP contribution in [0.15, 0.2) is 18.2 Å². The molecule has 0 aliphatic heterocycles. The van der Waals surface area contributed by atoms with Gasteiger partial charge in [0.15, 0.2) is 11.5 Å². The number of ether oxygens (including phenoxy) is 2. The van der Waals surface area contributed by atoms with Crippen molar-refractivity contribution in [3.05, 3.63) is 23.8 Å². The number of benzene rings is 1. The Morgan fingerprint density at radius 3 is 2.79 bits per heavy atom. The summed E-state index contributed by atoms with van der Waals surface area (Å²) in [6.07, 6.45) is 1.01. The summed E-state index contributed by atoms with van der Waals surface area (Å²) in [7, 11) is 3.20. The highest BCUT2D eigenvalue weighted by Crippen LogP contribution is 2.31. The largest absolute Gasteiger partial charge is 0.493 e. The molecule has 1 aromatic carbocycles. The predicted octanol–water partition coefficient (Wildman–Crippen LogP) is 1.10. The van der Waals surface area contributed by atoms with Crippen molar-refractivity contribution < 1.29 is 14.3 Å². The minimum atomic E-state index is -0.0522. The van der Waals surface area contributed by atoms with Crippen molar-refractivity contribution in [3.63, 3.8) is 0 Å². The van der Waals surface area contributed by atoms with Crippen LogP contribution in [0.5, 0.6) is 11.5 Å². The summed E-state index contributed by atoms with van der Waals surface area (Å²) >= 11 is 0. The van der Waals surface area contributed by atoms with E-state index in [1.54, 1.807) is 14.2 Å². The molecule has 1 rings (SSSR count). The van der Waals surface area contributed by atoms with Crippen molar-refractivity contribution in [3.8, 4) is 11.5 Å². The van der Waals surface area contributed by atoms with Gasteiger partial charge in [-0.15, -0.1) is 0 Å². The normalized spacial score (nSPS) is 11.8. The van der Waals surface area contributed by atoms with Crippen LogP contribution in [-0.4, -0.2) is 32.7 Å². The number of para-hydroxylation sites is 1. The van der Waals surface area contributed by atoms with E-state index in [0.29, 0.717) is 30.9 Å². The van der Waals surface area contributed by atoms with Gasteiger partial charge in [-0.05, 0) is 25.0 Å². The Balaban J connectivity index is 2.79. The van der Waals surface area contributed by atoms with E-state index in [0.717, 1.165) is 5.56 Å². The Morgan fingerprint density at radius 1 is 1.47 bits per heavy atom. The van der Waals surface area contributed by atoms with E-state index in [2.05, 4.69) is 5.32 Å². The molecule has 0 aliphatic rings. The fraction of sp³-hybridized carbons (Fsp3) is 0.500. The molecule has 0 bridgehead atoms. The van der Waals surface area contributed by atoms with Crippen LogP contribution in [-0.2, 0) is 11.2 Å². The van der Waals surface area contributed by atoms with Gasteiger partial charge in [-0.2, -0.15) is 0 Å². The van der Waals surface area contributed by atoms with Gasteiger partial charge in [-0.1, -0.05) is 12.1 Å². The summed E-state index contributed by atoms with van der Waals surface area (Å²) in [5.41, 5.74) is 6.81. The molecule has 5 nitrogen and oxygen atoms in total. The maximum absolute atomic E-state index is 11.2. The van der Waals surface area contributed by atoms with Crippen molar-refractivity contribution in [2.75, 3.05) is 20.8 Å². The van der Waals surface area contributed by atoms with Crippen LogP contribution >= 0.6 is 0 Å². The van der Waals surface area contributed by atoms with E-state index < -0.39 is 0 Å². The van der Waals surface area contributed by atoms with Gasteiger partial charge in [0.1, 0.15) is 0 Å². The molecular formula is C14H22N2O3. The van der Waals surface area contributed by atoms with Crippen LogP contribution in [0.4, 0.5) is 0 Å². The zero-order chi connectivity index (χ0) is 14.3. The van der Waals surface area contributed by atoms with Gasteiger partial charge in [0.25, 0.3) is 0 Å². The predicted molar refractivity (Wildman–Crippen MR) is 74.5 cm³/mol. The minimum absolute atomic E-state index is 0.0356. The van der Waals surface area contributed by atoms with Gasteiger partial charge in [-0.25, -0.2) is 0 Å². The molecule has 0 aromatic heterocycles. The lowest BCUT2D eigenvalue weighted by molar-refractivity contribution is -0.121. The van der Waals surface area contributed by atoms with E-state index in [-0.39, 0.29) is 11.9 Å². The first-order valence-electron chi connectivity index (χ1n) is 6.33. The average Bonchev–Trinajstić information content (AvgIpc) is 2.39. The molecule has 0 saturated heterocycles. The van der Waals surface area contributed by atoms with Crippen molar-refractivity contribution in [1.82, 2.24) is 5.32 Å². The van der Waals surface area contributed by atoms with Crippen LogP contribution in [0.2, 0.25) is 0 Å². The van der Waals surface area contributed by atoms with Crippen LogP contribution < -0.4 is 20.5 Å². The number of carbonyl (C=O) groups is 1. The maximum Gasteiger partial charge on any atom is 0.223 e. The first-order valence-corrected chi connectivity index (χ1v) is 6.33. The summed E-state index contributed by atoms with van der Waals surface area (Å²) in [4.78, 5) is 11.2. The van der Waals surface area contributed by atoms with Crippen molar-refractivity contribution in [1.29, 1.82) is 0 Å². The molecule has 1 unspecified atom stereocenters. The van der Waals surface area contributed by atoms with E-state index in [1.165, 1.54) is 0 Å². The summed E-state index contributed by atoms with van der Waals surface area (Å²) in [6.45, 7) is 2.25. The third-order valence-electron chi connectivity index (χ3n) is 2.68. The summed E-state index contributed by atoms with van der Waals surface area (Å²) in [6, 6.07) is 5.73. The molecule has 5 heteroatoms. The standard InChI is InChI=1S/C14H22N2O3/c1-10(15)9-11-5-4-6-12(18-3)14(11)19-8-7-13(17)16-2/h4-6,10H,7-9,15H2,1-3H3,(H,16,17). The SMILES string of the molecule is CNC(=O)CCOc1c(CC(C)N)cccc1OC. The second-order valence-corrected chi connectivity index (χ2v) is 4.40. The number of rotatable bonds is 7. The van der Waals surface area contributed by atoms with E-state index >= 15 is 0 Å². The number of nitrogens with two attached hydrogens (primary N) is 1. The highest BCUT2D eigenvalue weighted by atomic mass is 16.5. The Hall–Kier alpha value is -1.75. The van der Waals surface area contributed by atoms with E-state index in [1.807, 2.05) is 25.1 Å². The second-order valence-electron chi connectivity index (χ2n) is 4.40. The molecule has 0 saturated carbocycles. The van der Waals surface area contributed by atoms with Gasteiger partial charge in [0.2, 0.25) is 5.91 Å².